The number of hydrogen-bond acceptors (Lipinski definition) is 6. The molecule has 0 saturated heterocycles. The second-order valence-corrected chi connectivity index (χ2v) is 6.14. The first-order chi connectivity index (χ1) is 14.6. The summed E-state index contributed by atoms with van der Waals surface area (Å²) in [6.07, 6.45) is -3.22. The lowest BCUT2D eigenvalue weighted by molar-refractivity contribution is -0.385. The largest absolute Gasteiger partial charge is 0.450 e. The van der Waals surface area contributed by atoms with Gasteiger partial charge in [-0.15, -0.1) is 0 Å². The zero-order valence-electron chi connectivity index (χ0n) is 15.4. The molecule has 0 spiro atoms. The van der Waals surface area contributed by atoms with Crippen LogP contribution in [0, 0.1) is 20.2 Å². The molecule has 8 nitrogen and oxygen atoms in total. The van der Waals surface area contributed by atoms with Crippen molar-refractivity contribution in [3.05, 3.63) is 98.1 Å². The Morgan fingerprint density at radius 1 is 0.871 bits per heavy atom. The molecule has 3 aromatic rings. The minimum Gasteiger partial charge on any atom is -0.450 e. The summed E-state index contributed by atoms with van der Waals surface area (Å²) in [6.45, 7) is 0. The van der Waals surface area contributed by atoms with Gasteiger partial charge in [-0.2, -0.15) is 13.2 Å². The second kappa shape index (κ2) is 8.61. The van der Waals surface area contributed by atoms with Crippen LogP contribution < -0.4 is 4.74 Å². The fourth-order valence-electron chi connectivity index (χ4n) is 2.48. The highest BCUT2D eigenvalue weighted by molar-refractivity contribution is 5.82. The highest BCUT2D eigenvalue weighted by Gasteiger charge is 2.33. The lowest BCUT2D eigenvalue weighted by Gasteiger charge is -2.10. The summed E-state index contributed by atoms with van der Waals surface area (Å²) in [6, 6.07) is 13.7. The molecule has 0 saturated carbocycles. The number of nitrogens with zero attached hydrogens (tertiary/aromatic N) is 3. The van der Waals surface area contributed by atoms with Crippen LogP contribution >= 0.6 is 0 Å². The van der Waals surface area contributed by atoms with Crippen molar-refractivity contribution in [3.63, 3.8) is 0 Å². The van der Waals surface area contributed by atoms with Crippen molar-refractivity contribution in [2.75, 3.05) is 0 Å². The van der Waals surface area contributed by atoms with Gasteiger partial charge in [-0.05, 0) is 54.1 Å². The van der Waals surface area contributed by atoms with Gasteiger partial charge in [0.05, 0.1) is 21.1 Å². The zero-order valence-corrected chi connectivity index (χ0v) is 15.4. The van der Waals surface area contributed by atoms with Crippen LogP contribution in [-0.2, 0) is 6.18 Å². The Labute approximate surface area is 172 Å². The van der Waals surface area contributed by atoms with E-state index in [0.29, 0.717) is 23.4 Å². The van der Waals surface area contributed by atoms with Gasteiger partial charge in [0.25, 0.3) is 5.69 Å². The van der Waals surface area contributed by atoms with E-state index in [1.54, 1.807) is 12.1 Å². The molecule has 0 aliphatic carbocycles. The Bertz CT molecular complexity index is 1140. The molecular formula is C20H12F3N3O5. The highest BCUT2D eigenvalue weighted by Crippen LogP contribution is 2.37. The Morgan fingerprint density at radius 2 is 1.52 bits per heavy atom. The molecule has 0 bridgehead atoms. The van der Waals surface area contributed by atoms with Gasteiger partial charge in [-0.25, -0.2) is 0 Å². The molecule has 0 amide bonds. The summed E-state index contributed by atoms with van der Waals surface area (Å²) in [5, 5.41) is 21.8. The molecule has 0 aliphatic heterocycles. The van der Waals surface area contributed by atoms with E-state index in [1.807, 2.05) is 0 Å². The number of halogens is 3. The normalized spacial score (nSPS) is 11.5. The molecule has 0 heterocycles. The Hall–Kier alpha value is -4.28. The molecular weight excluding hydrogens is 419 g/mol. The van der Waals surface area contributed by atoms with Crippen LogP contribution in [0.3, 0.4) is 0 Å². The summed E-state index contributed by atoms with van der Waals surface area (Å²) in [5.41, 5.74) is -0.889. The summed E-state index contributed by atoms with van der Waals surface area (Å²) < 4.78 is 43.7. The van der Waals surface area contributed by atoms with Crippen LogP contribution in [0.4, 0.5) is 30.2 Å². The lowest BCUT2D eigenvalue weighted by atomic mass is 10.2. The first-order valence-corrected chi connectivity index (χ1v) is 8.55. The fraction of sp³-hybridized carbons (Fsp3) is 0.0500. The number of alkyl halides is 3. The standard InChI is InChI=1S/C20H12F3N3O5/c21-20(22,23)14-3-10-19(18(11-14)26(29)30)31-17-8-1-13(2-9-17)12-24-15-4-6-16(7-5-15)25(27)28/h1-12H. The van der Waals surface area contributed by atoms with Crippen LogP contribution in [0.5, 0.6) is 11.5 Å². The SMILES string of the molecule is O=[N+]([O-])c1ccc(N=Cc2ccc(Oc3ccc(C(F)(F)F)cc3[N+](=O)[O-])cc2)cc1. The summed E-state index contributed by atoms with van der Waals surface area (Å²) in [7, 11) is 0. The van der Waals surface area contributed by atoms with E-state index in [4.69, 9.17) is 4.74 Å². The zero-order chi connectivity index (χ0) is 22.6. The summed E-state index contributed by atoms with van der Waals surface area (Å²) >= 11 is 0. The maximum Gasteiger partial charge on any atom is 0.416 e. The summed E-state index contributed by atoms with van der Waals surface area (Å²) in [5.74, 6) is -0.152. The number of non-ortho nitro benzene ring substituents is 1. The van der Waals surface area contributed by atoms with Crippen LogP contribution in [0.15, 0.2) is 71.7 Å². The number of ether oxygens (including phenoxy) is 1. The van der Waals surface area contributed by atoms with Crippen molar-refractivity contribution in [3.8, 4) is 11.5 Å². The third kappa shape index (κ3) is 5.41. The first kappa shape index (κ1) is 21.4. The monoisotopic (exact) mass is 431 g/mol. The van der Waals surface area contributed by atoms with E-state index in [9.17, 15) is 33.4 Å². The van der Waals surface area contributed by atoms with Crippen molar-refractivity contribution >= 4 is 23.3 Å². The van der Waals surface area contributed by atoms with Gasteiger partial charge < -0.3 is 4.74 Å². The second-order valence-electron chi connectivity index (χ2n) is 6.14. The van der Waals surface area contributed by atoms with Gasteiger partial charge in [-0.1, -0.05) is 0 Å². The van der Waals surface area contributed by atoms with Crippen LogP contribution in [0.2, 0.25) is 0 Å². The van der Waals surface area contributed by atoms with Gasteiger partial charge >= 0.3 is 11.9 Å². The van der Waals surface area contributed by atoms with E-state index in [2.05, 4.69) is 4.99 Å². The first-order valence-electron chi connectivity index (χ1n) is 8.55. The Morgan fingerprint density at radius 3 is 2.06 bits per heavy atom. The Kier molecular flexibility index (Phi) is 5.95. The van der Waals surface area contributed by atoms with Crippen molar-refractivity contribution in [2.45, 2.75) is 6.18 Å². The third-order valence-corrected chi connectivity index (χ3v) is 4.01. The third-order valence-electron chi connectivity index (χ3n) is 4.01. The number of hydrogen-bond donors (Lipinski definition) is 0. The highest BCUT2D eigenvalue weighted by atomic mass is 19.4. The van der Waals surface area contributed by atoms with E-state index < -0.39 is 27.3 Å². The number of nitro groups is 2. The summed E-state index contributed by atoms with van der Waals surface area (Å²) in [4.78, 5) is 24.5. The predicted octanol–water partition coefficient (Wildman–Crippen LogP) is 6.06. The van der Waals surface area contributed by atoms with Crippen LogP contribution in [0.1, 0.15) is 11.1 Å². The molecule has 0 aliphatic rings. The average Bonchev–Trinajstić information content (AvgIpc) is 2.73. The number of nitro benzene ring substituents is 2. The lowest BCUT2D eigenvalue weighted by Crippen LogP contribution is -2.06. The molecule has 0 N–H and O–H groups in total. The van der Waals surface area contributed by atoms with Crippen LogP contribution in [-0.4, -0.2) is 16.1 Å². The minimum atomic E-state index is -4.71. The minimum absolute atomic E-state index is 0.0576. The van der Waals surface area contributed by atoms with Crippen molar-refractivity contribution in [2.24, 2.45) is 4.99 Å². The van der Waals surface area contributed by atoms with E-state index in [-0.39, 0.29) is 17.2 Å². The predicted molar refractivity (Wildman–Crippen MR) is 105 cm³/mol. The van der Waals surface area contributed by atoms with Crippen molar-refractivity contribution < 1.29 is 27.8 Å². The molecule has 11 heteroatoms. The van der Waals surface area contributed by atoms with Crippen molar-refractivity contribution in [1.29, 1.82) is 0 Å². The molecule has 3 rings (SSSR count). The molecule has 0 radical (unpaired) electrons. The van der Waals surface area contributed by atoms with Gasteiger partial charge in [0.1, 0.15) is 5.75 Å². The number of aliphatic imine (C=N–C) groups is 1. The number of benzene rings is 3. The van der Waals surface area contributed by atoms with Gasteiger partial charge in [0, 0.05) is 24.4 Å². The molecule has 31 heavy (non-hydrogen) atoms. The van der Waals surface area contributed by atoms with Crippen molar-refractivity contribution in [1.82, 2.24) is 0 Å². The van der Waals surface area contributed by atoms with Gasteiger partial charge in [-0.3, -0.25) is 25.2 Å². The molecule has 0 aromatic heterocycles. The maximum atomic E-state index is 12.8. The molecule has 3 aromatic carbocycles. The topological polar surface area (TPSA) is 108 Å². The van der Waals surface area contributed by atoms with Gasteiger partial charge in [0.2, 0.25) is 5.75 Å². The van der Waals surface area contributed by atoms with Crippen LogP contribution in [0.25, 0.3) is 0 Å². The smallest absolute Gasteiger partial charge is 0.416 e. The van der Waals surface area contributed by atoms with E-state index in [1.165, 1.54) is 42.6 Å². The van der Waals surface area contributed by atoms with E-state index >= 15 is 0 Å². The molecule has 0 atom stereocenters. The molecule has 0 fully saturated rings. The molecule has 0 unspecified atom stereocenters. The maximum absolute atomic E-state index is 12.8. The number of rotatable bonds is 6. The Balaban J connectivity index is 1.75. The quantitative estimate of drug-likeness (QED) is 0.268. The van der Waals surface area contributed by atoms with E-state index in [0.717, 1.165) is 6.07 Å². The molecule has 158 valence electrons. The average molecular weight is 431 g/mol. The van der Waals surface area contributed by atoms with Gasteiger partial charge in [0.15, 0.2) is 0 Å². The fourth-order valence-corrected chi connectivity index (χ4v) is 2.48.